The summed E-state index contributed by atoms with van der Waals surface area (Å²) in [6.07, 6.45) is 0.102. The second-order valence-corrected chi connectivity index (χ2v) is 7.46. The number of rotatable bonds is 8. The first-order chi connectivity index (χ1) is 14.0. The van der Waals surface area contributed by atoms with Gasteiger partial charge in [0.25, 0.3) is 0 Å². The van der Waals surface area contributed by atoms with Crippen LogP contribution in [0.25, 0.3) is 0 Å². The first kappa shape index (κ1) is 20.9. The lowest BCUT2D eigenvalue weighted by Gasteiger charge is -2.08. The van der Waals surface area contributed by atoms with E-state index >= 15 is 0 Å². The van der Waals surface area contributed by atoms with Gasteiger partial charge in [0.1, 0.15) is 5.82 Å². The zero-order valence-electron chi connectivity index (χ0n) is 15.8. The van der Waals surface area contributed by atoms with Gasteiger partial charge in [-0.05, 0) is 37.3 Å². The van der Waals surface area contributed by atoms with Crippen LogP contribution in [0.3, 0.4) is 0 Å². The number of hydrogen-bond donors (Lipinski definition) is 2. The number of halogens is 1. The highest BCUT2D eigenvalue weighted by Crippen LogP contribution is 2.19. The number of anilines is 2. The molecule has 2 aromatic carbocycles. The monoisotopic (exact) mass is 429 g/mol. The molecule has 3 aromatic rings. The van der Waals surface area contributed by atoms with E-state index in [0.29, 0.717) is 28.2 Å². The van der Waals surface area contributed by atoms with Crippen molar-refractivity contribution < 1.29 is 9.59 Å². The highest BCUT2D eigenvalue weighted by atomic mass is 35.5. The van der Waals surface area contributed by atoms with E-state index < -0.39 is 0 Å². The molecule has 0 saturated heterocycles. The van der Waals surface area contributed by atoms with Crippen LogP contribution in [0.2, 0.25) is 5.02 Å². The van der Waals surface area contributed by atoms with E-state index in [1.165, 1.54) is 11.8 Å². The molecular formula is C20H20ClN5O2S. The molecule has 0 spiro atoms. The van der Waals surface area contributed by atoms with Crippen molar-refractivity contribution in [1.29, 1.82) is 0 Å². The van der Waals surface area contributed by atoms with Crippen molar-refractivity contribution in [3.05, 3.63) is 65.4 Å². The molecule has 3 rings (SSSR count). The van der Waals surface area contributed by atoms with Gasteiger partial charge < -0.3 is 15.2 Å². The lowest BCUT2D eigenvalue weighted by atomic mass is 10.3. The van der Waals surface area contributed by atoms with Crippen LogP contribution in [0.4, 0.5) is 11.4 Å². The highest BCUT2D eigenvalue weighted by Gasteiger charge is 2.16. The standard InChI is InChI=1S/C20H20ClN5O2S/c1-2-26-17(12-18(27)22-15-8-4-3-5-9-15)24-25-20(26)29-13-19(28)23-16-10-6-7-14(21)11-16/h3-11H,2,12-13H2,1H3,(H,22,27)(H,23,28). The first-order valence-electron chi connectivity index (χ1n) is 9.00. The number of hydrogen-bond acceptors (Lipinski definition) is 5. The summed E-state index contributed by atoms with van der Waals surface area (Å²) in [5.74, 6) is 0.374. The molecule has 1 aromatic heterocycles. The Morgan fingerprint density at radius 1 is 1.00 bits per heavy atom. The average molecular weight is 430 g/mol. The van der Waals surface area contributed by atoms with Gasteiger partial charge in [0, 0.05) is 22.9 Å². The van der Waals surface area contributed by atoms with Gasteiger partial charge in [0.15, 0.2) is 5.16 Å². The summed E-state index contributed by atoms with van der Waals surface area (Å²) >= 11 is 7.19. The van der Waals surface area contributed by atoms with Crippen molar-refractivity contribution in [2.45, 2.75) is 25.0 Å². The van der Waals surface area contributed by atoms with E-state index in [2.05, 4.69) is 20.8 Å². The number of amides is 2. The summed E-state index contributed by atoms with van der Waals surface area (Å²) in [5, 5.41) is 15.0. The number of carbonyl (C=O) groups is 2. The molecule has 0 atom stereocenters. The Labute approximate surface area is 177 Å². The SMILES string of the molecule is CCn1c(CC(=O)Nc2ccccc2)nnc1SCC(=O)Nc1cccc(Cl)c1. The molecule has 0 bridgehead atoms. The van der Waals surface area contributed by atoms with Crippen molar-refractivity contribution in [2.75, 3.05) is 16.4 Å². The smallest absolute Gasteiger partial charge is 0.234 e. The summed E-state index contributed by atoms with van der Waals surface area (Å²) < 4.78 is 1.84. The molecule has 29 heavy (non-hydrogen) atoms. The molecule has 0 fully saturated rings. The normalized spacial score (nSPS) is 10.6. The van der Waals surface area contributed by atoms with Gasteiger partial charge in [0.05, 0.1) is 12.2 Å². The quantitative estimate of drug-likeness (QED) is 0.531. The maximum absolute atomic E-state index is 12.3. The fourth-order valence-corrected chi connectivity index (χ4v) is 3.65. The predicted molar refractivity (Wildman–Crippen MR) is 115 cm³/mol. The molecule has 0 aliphatic carbocycles. The Morgan fingerprint density at radius 3 is 2.45 bits per heavy atom. The van der Waals surface area contributed by atoms with Gasteiger partial charge in [-0.2, -0.15) is 0 Å². The van der Waals surface area contributed by atoms with E-state index in [1.807, 2.05) is 41.8 Å². The van der Waals surface area contributed by atoms with E-state index in [-0.39, 0.29) is 24.0 Å². The third-order valence-electron chi connectivity index (χ3n) is 3.93. The largest absolute Gasteiger partial charge is 0.326 e. The van der Waals surface area contributed by atoms with Crippen LogP contribution in [0, 0.1) is 0 Å². The van der Waals surface area contributed by atoms with Crippen molar-refractivity contribution >= 4 is 46.6 Å². The number of nitrogens with zero attached hydrogens (tertiary/aromatic N) is 3. The van der Waals surface area contributed by atoms with E-state index in [4.69, 9.17) is 11.6 Å². The number of thioether (sulfide) groups is 1. The minimum absolute atomic E-state index is 0.102. The second kappa shape index (κ2) is 10.1. The molecule has 2 amide bonds. The van der Waals surface area contributed by atoms with Crippen molar-refractivity contribution in [3.63, 3.8) is 0 Å². The van der Waals surface area contributed by atoms with Crippen LogP contribution < -0.4 is 10.6 Å². The summed E-state index contributed by atoms with van der Waals surface area (Å²) in [4.78, 5) is 24.5. The van der Waals surface area contributed by atoms with Crippen LogP contribution in [-0.2, 0) is 22.6 Å². The van der Waals surface area contributed by atoms with Crippen molar-refractivity contribution in [1.82, 2.24) is 14.8 Å². The Hall–Kier alpha value is -2.84. The maximum Gasteiger partial charge on any atom is 0.234 e. The molecule has 0 unspecified atom stereocenters. The molecule has 1 heterocycles. The third kappa shape index (κ3) is 6.07. The molecule has 0 saturated carbocycles. The Morgan fingerprint density at radius 2 is 1.72 bits per heavy atom. The van der Waals surface area contributed by atoms with Crippen LogP contribution in [0.5, 0.6) is 0 Å². The van der Waals surface area contributed by atoms with E-state index in [1.54, 1.807) is 24.3 Å². The Bertz CT molecular complexity index is 994. The van der Waals surface area contributed by atoms with Gasteiger partial charge >= 0.3 is 0 Å². The molecule has 2 N–H and O–H groups in total. The number of benzene rings is 2. The van der Waals surface area contributed by atoms with Gasteiger partial charge in [-0.3, -0.25) is 9.59 Å². The summed E-state index contributed by atoms with van der Waals surface area (Å²) in [5.41, 5.74) is 1.37. The minimum atomic E-state index is -0.175. The van der Waals surface area contributed by atoms with Gasteiger partial charge in [-0.1, -0.05) is 47.6 Å². The lowest BCUT2D eigenvalue weighted by Crippen LogP contribution is -2.18. The van der Waals surface area contributed by atoms with E-state index in [0.717, 1.165) is 5.69 Å². The fraction of sp³-hybridized carbons (Fsp3) is 0.200. The molecule has 0 aliphatic rings. The zero-order valence-corrected chi connectivity index (χ0v) is 17.3. The summed E-state index contributed by atoms with van der Waals surface area (Å²) in [6.45, 7) is 2.54. The first-order valence-corrected chi connectivity index (χ1v) is 10.4. The summed E-state index contributed by atoms with van der Waals surface area (Å²) in [6, 6.07) is 16.2. The highest BCUT2D eigenvalue weighted by molar-refractivity contribution is 7.99. The molecule has 150 valence electrons. The lowest BCUT2D eigenvalue weighted by molar-refractivity contribution is -0.116. The van der Waals surface area contributed by atoms with E-state index in [9.17, 15) is 9.59 Å². The van der Waals surface area contributed by atoms with Crippen molar-refractivity contribution in [3.8, 4) is 0 Å². The van der Waals surface area contributed by atoms with Gasteiger partial charge in [-0.15, -0.1) is 10.2 Å². The number of aromatic nitrogens is 3. The number of carbonyl (C=O) groups excluding carboxylic acids is 2. The van der Waals surface area contributed by atoms with Crippen LogP contribution in [0.1, 0.15) is 12.7 Å². The number of para-hydroxylation sites is 1. The maximum atomic E-state index is 12.3. The van der Waals surface area contributed by atoms with Gasteiger partial charge in [0.2, 0.25) is 11.8 Å². The van der Waals surface area contributed by atoms with Crippen LogP contribution in [-0.4, -0.2) is 32.3 Å². The predicted octanol–water partition coefficient (Wildman–Crippen LogP) is 3.86. The summed E-state index contributed by atoms with van der Waals surface area (Å²) in [7, 11) is 0. The fourth-order valence-electron chi connectivity index (χ4n) is 2.64. The topological polar surface area (TPSA) is 88.9 Å². The van der Waals surface area contributed by atoms with Crippen molar-refractivity contribution in [2.24, 2.45) is 0 Å². The number of nitrogens with one attached hydrogen (secondary N) is 2. The third-order valence-corrected chi connectivity index (χ3v) is 5.13. The zero-order chi connectivity index (χ0) is 20.6. The molecule has 7 nitrogen and oxygen atoms in total. The Kier molecular flexibility index (Phi) is 7.26. The average Bonchev–Trinajstić information content (AvgIpc) is 3.08. The molecule has 9 heteroatoms. The molecule has 0 radical (unpaired) electrons. The minimum Gasteiger partial charge on any atom is -0.326 e. The van der Waals surface area contributed by atoms with Crippen LogP contribution in [0.15, 0.2) is 59.8 Å². The van der Waals surface area contributed by atoms with Crippen LogP contribution >= 0.6 is 23.4 Å². The van der Waals surface area contributed by atoms with Gasteiger partial charge in [-0.25, -0.2) is 0 Å². The molecular weight excluding hydrogens is 410 g/mol. The second-order valence-electron chi connectivity index (χ2n) is 6.08. The molecule has 0 aliphatic heterocycles. The Balaban J connectivity index is 1.57.